The van der Waals surface area contributed by atoms with Crippen molar-refractivity contribution in [2.45, 2.75) is 39.1 Å². The largest absolute Gasteiger partial charge is 0.346 e. The van der Waals surface area contributed by atoms with Crippen molar-refractivity contribution in [3.8, 4) is 0 Å². The molecule has 0 radical (unpaired) electrons. The summed E-state index contributed by atoms with van der Waals surface area (Å²) < 4.78 is 26.0. The zero-order chi connectivity index (χ0) is 15.5. The number of nitrogens with one attached hydrogen (secondary N) is 1. The molecule has 116 valence electrons. The molecule has 1 aromatic carbocycles. The number of fused-ring (bicyclic) bond motifs is 1. The van der Waals surface area contributed by atoms with Gasteiger partial charge in [-0.05, 0) is 37.4 Å². The van der Waals surface area contributed by atoms with Gasteiger partial charge >= 0.3 is 0 Å². The van der Waals surface area contributed by atoms with Crippen LogP contribution >= 0.6 is 0 Å². The van der Waals surface area contributed by atoms with Crippen LogP contribution in [-0.4, -0.2) is 30.5 Å². The third-order valence-electron chi connectivity index (χ3n) is 3.77. The minimum absolute atomic E-state index is 0.185. The van der Waals surface area contributed by atoms with E-state index < -0.39 is 9.84 Å². The SMILES string of the molecule is CCNCc1cccc2ccn(CCS(=O)(=O)C(C)C)c12. The molecule has 21 heavy (non-hydrogen) atoms. The summed E-state index contributed by atoms with van der Waals surface area (Å²) in [5.41, 5.74) is 2.35. The fourth-order valence-corrected chi connectivity index (χ4v) is 3.31. The molecule has 0 fully saturated rings. The summed E-state index contributed by atoms with van der Waals surface area (Å²) >= 11 is 0. The van der Waals surface area contributed by atoms with E-state index in [1.165, 1.54) is 5.56 Å². The maximum absolute atomic E-state index is 12.0. The minimum atomic E-state index is -3.01. The van der Waals surface area contributed by atoms with Crippen LogP contribution in [0.4, 0.5) is 0 Å². The molecule has 0 spiro atoms. The smallest absolute Gasteiger partial charge is 0.154 e. The molecule has 0 saturated heterocycles. The lowest BCUT2D eigenvalue weighted by Gasteiger charge is -2.12. The molecule has 1 aromatic heterocycles. The van der Waals surface area contributed by atoms with Crippen molar-refractivity contribution in [1.82, 2.24) is 9.88 Å². The Hall–Kier alpha value is -1.33. The van der Waals surface area contributed by atoms with Gasteiger partial charge in [0, 0.05) is 19.3 Å². The highest BCUT2D eigenvalue weighted by Gasteiger charge is 2.16. The van der Waals surface area contributed by atoms with E-state index in [1.54, 1.807) is 13.8 Å². The molecule has 2 rings (SSSR count). The molecule has 0 aliphatic rings. The van der Waals surface area contributed by atoms with Crippen LogP contribution in [0.1, 0.15) is 26.3 Å². The highest BCUT2D eigenvalue weighted by Crippen LogP contribution is 2.21. The summed E-state index contributed by atoms with van der Waals surface area (Å²) in [6, 6.07) is 8.26. The predicted octanol–water partition coefficient (Wildman–Crippen LogP) is 2.57. The van der Waals surface area contributed by atoms with Crippen molar-refractivity contribution in [2.75, 3.05) is 12.3 Å². The third-order valence-corrected chi connectivity index (χ3v) is 5.96. The van der Waals surface area contributed by atoms with Crippen LogP contribution in [0.2, 0.25) is 0 Å². The van der Waals surface area contributed by atoms with Crippen molar-refractivity contribution in [1.29, 1.82) is 0 Å². The van der Waals surface area contributed by atoms with E-state index in [0.717, 1.165) is 24.0 Å². The highest BCUT2D eigenvalue weighted by atomic mass is 32.2. The van der Waals surface area contributed by atoms with Crippen molar-refractivity contribution < 1.29 is 8.42 Å². The summed E-state index contributed by atoms with van der Waals surface area (Å²) in [4.78, 5) is 0. The quantitative estimate of drug-likeness (QED) is 0.855. The summed E-state index contributed by atoms with van der Waals surface area (Å²) in [5, 5.41) is 4.17. The number of hydrogen-bond acceptors (Lipinski definition) is 3. The molecule has 0 amide bonds. The fourth-order valence-electron chi connectivity index (χ4n) is 2.39. The zero-order valence-electron chi connectivity index (χ0n) is 13.0. The van der Waals surface area contributed by atoms with Gasteiger partial charge in [0.15, 0.2) is 9.84 Å². The first-order valence-electron chi connectivity index (χ1n) is 7.44. The fraction of sp³-hybridized carbons (Fsp3) is 0.500. The van der Waals surface area contributed by atoms with Crippen LogP contribution in [-0.2, 0) is 22.9 Å². The number of rotatable bonds is 7. The van der Waals surface area contributed by atoms with Gasteiger partial charge in [-0.3, -0.25) is 0 Å². The van der Waals surface area contributed by atoms with Gasteiger partial charge in [0.25, 0.3) is 0 Å². The van der Waals surface area contributed by atoms with E-state index >= 15 is 0 Å². The van der Waals surface area contributed by atoms with E-state index in [-0.39, 0.29) is 11.0 Å². The second-order valence-electron chi connectivity index (χ2n) is 5.56. The molecule has 2 aromatic rings. The molecular formula is C16H24N2O2S. The van der Waals surface area contributed by atoms with Crippen molar-refractivity contribution in [3.05, 3.63) is 36.0 Å². The Kier molecular flexibility index (Phi) is 5.06. The van der Waals surface area contributed by atoms with Crippen molar-refractivity contribution in [2.24, 2.45) is 0 Å². The average Bonchev–Trinajstić information content (AvgIpc) is 2.86. The van der Waals surface area contributed by atoms with Crippen LogP contribution in [0.5, 0.6) is 0 Å². The molecule has 4 nitrogen and oxygen atoms in total. The summed E-state index contributed by atoms with van der Waals surface area (Å²) in [6.07, 6.45) is 1.98. The Labute approximate surface area is 127 Å². The second-order valence-corrected chi connectivity index (χ2v) is 8.24. The monoisotopic (exact) mass is 308 g/mol. The van der Waals surface area contributed by atoms with E-state index in [1.807, 2.05) is 18.3 Å². The van der Waals surface area contributed by atoms with Gasteiger partial charge < -0.3 is 9.88 Å². The topological polar surface area (TPSA) is 51.1 Å². The van der Waals surface area contributed by atoms with Gasteiger partial charge in [0.05, 0.1) is 16.5 Å². The Morgan fingerprint density at radius 3 is 2.67 bits per heavy atom. The normalized spacial score (nSPS) is 12.4. The van der Waals surface area contributed by atoms with Gasteiger partial charge in [-0.15, -0.1) is 0 Å². The molecule has 5 heteroatoms. The number of aryl methyl sites for hydroxylation is 1. The molecule has 0 bridgehead atoms. The first-order valence-corrected chi connectivity index (χ1v) is 9.16. The number of aromatic nitrogens is 1. The molecule has 1 heterocycles. The van der Waals surface area contributed by atoms with E-state index in [2.05, 4.69) is 28.9 Å². The lowest BCUT2D eigenvalue weighted by atomic mass is 10.1. The minimum Gasteiger partial charge on any atom is -0.346 e. The standard InChI is InChI=1S/C16H24N2O2S/c1-4-17-12-15-7-5-6-14-8-9-18(16(14)15)10-11-21(19,20)13(2)3/h5-9,13,17H,4,10-12H2,1-3H3. The summed E-state index contributed by atoms with van der Waals surface area (Å²) in [6.45, 7) is 7.77. The molecule has 0 atom stereocenters. The van der Waals surface area contributed by atoms with Gasteiger partial charge in [0.2, 0.25) is 0 Å². The first-order chi connectivity index (χ1) is 9.95. The Balaban J connectivity index is 2.28. The van der Waals surface area contributed by atoms with Crippen LogP contribution in [0, 0.1) is 0 Å². The van der Waals surface area contributed by atoms with Crippen LogP contribution in [0.15, 0.2) is 30.5 Å². The summed E-state index contributed by atoms with van der Waals surface area (Å²) in [7, 11) is -3.01. The first kappa shape index (κ1) is 16.0. The number of benzene rings is 1. The van der Waals surface area contributed by atoms with Crippen LogP contribution in [0.25, 0.3) is 10.9 Å². The Morgan fingerprint density at radius 2 is 2.00 bits per heavy atom. The zero-order valence-corrected chi connectivity index (χ0v) is 13.8. The molecule has 1 N–H and O–H groups in total. The van der Waals surface area contributed by atoms with Crippen LogP contribution in [0.3, 0.4) is 0 Å². The number of hydrogen-bond donors (Lipinski definition) is 1. The number of nitrogens with zero attached hydrogens (tertiary/aromatic N) is 1. The maximum Gasteiger partial charge on any atom is 0.154 e. The van der Waals surface area contributed by atoms with E-state index in [0.29, 0.717) is 6.54 Å². The van der Waals surface area contributed by atoms with Gasteiger partial charge in [-0.2, -0.15) is 0 Å². The molecule has 0 unspecified atom stereocenters. The maximum atomic E-state index is 12.0. The molecular weight excluding hydrogens is 284 g/mol. The van der Waals surface area contributed by atoms with E-state index in [9.17, 15) is 8.42 Å². The Bertz CT molecular complexity index is 702. The van der Waals surface area contributed by atoms with Gasteiger partial charge in [-0.25, -0.2) is 8.42 Å². The van der Waals surface area contributed by atoms with E-state index in [4.69, 9.17) is 0 Å². The van der Waals surface area contributed by atoms with Crippen molar-refractivity contribution >= 4 is 20.7 Å². The second kappa shape index (κ2) is 6.62. The number of para-hydroxylation sites is 1. The van der Waals surface area contributed by atoms with Gasteiger partial charge in [-0.1, -0.05) is 25.1 Å². The lowest BCUT2D eigenvalue weighted by Crippen LogP contribution is -2.21. The molecule has 0 saturated carbocycles. The average molecular weight is 308 g/mol. The third kappa shape index (κ3) is 3.66. The highest BCUT2D eigenvalue weighted by molar-refractivity contribution is 7.91. The lowest BCUT2D eigenvalue weighted by molar-refractivity contribution is 0.581. The molecule has 0 aliphatic carbocycles. The number of sulfone groups is 1. The van der Waals surface area contributed by atoms with Crippen molar-refractivity contribution in [3.63, 3.8) is 0 Å². The summed E-state index contributed by atoms with van der Waals surface area (Å²) in [5.74, 6) is 0.185. The predicted molar refractivity (Wildman–Crippen MR) is 88.2 cm³/mol. The molecule has 0 aliphatic heterocycles. The van der Waals surface area contributed by atoms with Crippen LogP contribution < -0.4 is 5.32 Å². The van der Waals surface area contributed by atoms with Gasteiger partial charge in [0.1, 0.15) is 0 Å². The Morgan fingerprint density at radius 1 is 1.24 bits per heavy atom.